The van der Waals surface area contributed by atoms with Crippen molar-refractivity contribution in [2.75, 3.05) is 10.5 Å². The van der Waals surface area contributed by atoms with Crippen molar-refractivity contribution < 1.29 is 22.0 Å². The molecule has 0 unspecified atom stereocenters. The average Bonchev–Trinajstić information content (AvgIpc) is 2.80. The summed E-state index contributed by atoms with van der Waals surface area (Å²) in [5, 5.41) is 0.628. The highest BCUT2D eigenvalue weighted by atomic mass is 32.2. The largest absolute Gasteiger partial charge is 0.288 e. The van der Waals surface area contributed by atoms with Crippen LogP contribution in [-0.2, 0) is 10.0 Å². The summed E-state index contributed by atoms with van der Waals surface area (Å²) in [6, 6.07) is 11.6. The van der Waals surface area contributed by atoms with E-state index in [1.807, 2.05) is 16.9 Å². The maximum Gasteiger partial charge on any atom is 0.232 e. The molecule has 0 aliphatic rings. The summed E-state index contributed by atoms with van der Waals surface area (Å²) in [5.41, 5.74) is 1.17. The van der Waals surface area contributed by atoms with Crippen molar-refractivity contribution in [2.45, 2.75) is 13.3 Å². The molecule has 2 aromatic carbocycles. The predicted molar refractivity (Wildman–Crippen MR) is 122 cm³/mol. The van der Waals surface area contributed by atoms with Crippen molar-refractivity contribution in [3.63, 3.8) is 0 Å². The standard InChI is InChI=1S/C24H19F2N3O3S/c1-2-8-33(31,32)29-22-12-19(25)11-20(23(22)26)24(30)15-5-6-21-17(9-15)10-18(14-28-21)16-4-3-7-27-13-16/h3-7,9-14,29H,2,8H2,1H3. The van der Waals surface area contributed by atoms with Crippen LogP contribution < -0.4 is 4.72 Å². The highest BCUT2D eigenvalue weighted by molar-refractivity contribution is 7.92. The number of anilines is 1. The Balaban J connectivity index is 1.73. The third kappa shape index (κ3) is 4.88. The van der Waals surface area contributed by atoms with Crippen molar-refractivity contribution in [3.05, 3.63) is 89.9 Å². The van der Waals surface area contributed by atoms with Gasteiger partial charge in [-0.2, -0.15) is 0 Å². The van der Waals surface area contributed by atoms with Crippen LogP contribution >= 0.6 is 0 Å². The minimum atomic E-state index is -3.87. The summed E-state index contributed by atoms with van der Waals surface area (Å²) in [6.07, 6.45) is 5.31. The zero-order valence-electron chi connectivity index (χ0n) is 17.5. The summed E-state index contributed by atoms with van der Waals surface area (Å²) in [6.45, 7) is 1.64. The van der Waals surface area contributed by atoms with Gasteiger partial charge in [-0.05, 0) is 42.8 Å². The van der Waals surface area contributed by atoms with E-state index in [0.717, 1.165) is 17.2 Å². The Labute approximate surface area is 189 Å². The van der Waals surface area contributed by atoms with E-state index in [1.54, 1.807) is 37.6 Å². The van der Waals surface area contributed by atoms with Crippen LogP contribution in [0.1, 0.15) is 29.3 Å². The minimum Gasteiger partial charge on any atom is -0.288 e. The smallest absolute Gasteiger partial charge is 0.232 e. The van der Waals surface area contributed by atoms with Crippen LogP contribution in [0.15, 0.2) is 67.1 Å². The van der Waals surface area contributed by atoms with Gasteiger partial charge >= 0.3 is 0 Å². The first-order chi connectivity index (χ1) is 15.8. The van der Waals surface area contributed by atoms with Gasteiger partial charge in [-0.15, -0.1) is 0 Å². The molecular weight excluding hydrogens is 448 g/mol. The normalized spacial score (nSPS) is 11.5. The molecule has 0 atom stereocenters. The summed E-state index contributed by atoms with van der Waals surface area (Å²) in [7, 11) is -3.87. The second-order valence-electron chi connectivity index (χ2n) is 7.44. The Kier molecular flexibility index (Phi) is 6.15. The predicted octanol–water partition coefficient (Wildman–Crippen LogP) is 4.96. The fourth-order valence-electron chi connectivity index (χ4n) is 3.44. The van der Waals surface area contributed by atoms with Crippen LogP contribution in [0, 0.1) is 11.6 Å². The van der Waals surface area contributed by atoms with Crippen LogP contribution in [0.3, 0.4) is 0 Å². The highest BCUT2D eigenvalue weighted by Gasteiger charge is 2.22. The van der Waals surface area contributed by atoms with Gasteiger partial charge in [0.2, 0.25) is 10.0 Å². The molecule has 0 aliphatic carbocycles. The molecule has 0 fully saturated rings. The molecule has 0 amide bonds. The summed E-state index contributed by atoms with van der Waals surface area (Å²) < 4.78 is 55.2. The molecule has 168 valence electrons. The van der Waals surface area contributed by atoms with E-state index in [9.17, 15) is 17.6 Å². The zero-order valence-corrected chi connectivity index (χ0v) is 18.4. The number of halogens is 2. The van der Waals surface area contributed by atoms with Gasteiger partial charge in [0.05, 0.1) is 22.5 Å². The zero-order chi connectivity index (χ0) is 23.6. The topological polar surface area (TPSA) is 89.0 Å². The fraction of sp³-hybridized carbons (Fsp3) is 0.125. The van der Waals surface area contributed by atoms with Gasteiger partial charge in [0, 0.05) is 46.7 Å². The lowest BCUT2D eigenvalue weighted by molar-refractivity contribution is 0.103. The first-order valence-electron chi connectivity index (χ1n) is 10.1. The molecule has 2 heterocycles. The van der Waals surface area contributed by atoms with E-state index >= 15 is 4.39 Å². The number of fused-ring (bicyclic) bond motifs is 1. The number of rotatable bonds is 7. The first kappa shape index (κ1) is 22.5. The summed E-state index contributed by atoms with van der Waals surface area (Å²) >= 11 is 0. The van der Waals surface area contributed by atoms with Crippen LogP contribution in [0.5, 0.6) is 0 Å². The lowest BCUT2D eigenvalue weighted by atomic mass is 9.99. The quantitative estimate of drug-likeness (QED) is 0.388. The van der Waals surface area contributed by atoms with Crippen molar-refractivity contribution in [1.29, 1.82) is 0 Å². The Morgan fingerprint density at radius 1 is 1.03 bits per heavy atom. The number of nitrogens with zero attached hydrogens (tertiary/aromatic N) is 2. The number of ketones is 1. The number of carbonyl (C=O) groups excluding carboxylic acids is 1. The van der Waals surface area contributed by atoms with Crippen LogP contribution in [0.25, 0.3) is 22.0 Å². The number of hydrogen-bond donors (Lipinski definition) is 1. The van der Waals surface area contributed by atoms with Gasteiger partial charge in [-0.25, -0.2) is 17.2 Å². The first-order valence-corrected chi connectivity index (χ1v) is 11.8. The SMILES string of the molecule is CCCS(=O)(=O)Nc1cc(F)cc(C(=O)c2ccc3ncc(-c4cccnc4)cc3c2)c1F. The van der Waals surface area contributed by atoms with Crippen molar-refractivity contribution in [3.8, 4) is 11.1 Å². The van der Waals surface area contributed by atoms with Gasteiger partial charge in [0.25, 0.3) is 0 Å². The van der Waals surface area contributed by atoms with Gasteiger partial charge in [-0.1, -0.05) is 13.0 Å². The van der Waals surface area contributed by atoms with Gasteiger partial charge < -0.3 is 0 Å². The van der Waals surface area contributed by atoms with Crippen LogP contribution in [0.4, 0.5) is 14.5 Å². The van der Waals surface area contributed by atoms with E-state index in [4.69, 9.17) is 0 Å². The molecule has 0 spiro atoms. The Hall–Kier alpha value is -3.72. The lowest BCUT2D eigenvalue weighted by Crippen LogP contribution is -2.18. The average molecular weight is 467 g/mol. The number of hydrogen-bond acceptors (Lipinski definition) is 5. The Bertz CT molecular complexity index is 1460. The summed E-state index contributed by atoms with van der Waals surface area (Å²) in [4.78, 5) is 21.5. The molecule has 9 heteroatoms. The lowest BCUT2D eigenvalue weighted by Gasteiger charge is -2.12. The molecule has 0 bridgehead atoms. The van der Waals surface area contributed by atoms with Crippen LogP contribution in [-0.4, -0.2) is 29.9 Å². The molecular formula is C24H19F2N3O3S. The molecule has 0 aliphatic heterocycles. The highest BCUT2D eigenvalue weighted by Crippen LogP contribution is 2.27. The number of benzene rings is 2. The van der Waals surface area contributed by atoms with E-state index in [2.05, 4.69) is 9.97 Å². The Morgan fingerprint density at radius 3 is 2.58 bits per heavy atom. The van der Waals surface area contributed by atoms with Gasteiger partial charge in [0.15, 0.2) is 11.6 Å². The number of aromatic nitrogens is 2. The molecule has 0 saturated heterocycles. The second kappa shape index (κ2) is 9.03. The van der Waals surface area contributed by atoms with E-state index in [0.29, 0.717) is 23.4 Å². The Morgan fingerprint density at radius 2 is 1.85 bits per heavy atom. The molecule has 1 N–H and O–H groups in total. The van der Waals surface area contributed by atoms with E-state index in [1.165, 1.54) is 12.1 Å². The molecule has 4 aromatic rings. The number of pyridine rings is 2. The van der Waals surface area contributed by atoms with Gasteiger partial charge in [0.1, 0.15) is 5.82 Å². The molecule has 6 nitrogen and oxygen atoms in total. The molecule has 33 heavy (non-hydrogen) atoms. The second-order valence-corrected chi connectivity index (χ2v) is 9.28. The number of carbonyl (C=O) groups is 1. The molecule has 2 aromatic heterocycles. The van der Waals surface area contributed by atoms with Crippen LogP contribution in [0.2, 0.25) is 0 Å². The maximum absolute atomic E-state index is 15.0. The molecule has 0 radical (unpaired) electrons. The monoisotopic (exact) mass is 467 g/mol. The number of sulfonamides is 1. The maximum atomic E-state index is 15.0. The molecule has 0 saturated carbocycles. The fourth-order valence-corrected chi connectivity index (χ4v) is 4.56. The number of nitrogens with one attached hydrogen (secondary N) is 1. The third-order valence-corrected chi connectivity index (χ3v) is 6.44. The van der Waals surface area contributed by atoms with E-state index < -0.39 is 38.7 Å². The summed E-state index contributed by atoms with van der Waals surface area (Å²) in [5.74, 6) is -3.11. The van der Waals surface area contributed by atoms with Crippen molar-refractivity contribution in [2.24, 2.45) is 0 Å². The third-order valence-electron chi connectivity index (χ3n) is 4.96. The van der Waals surface area contributed by atoms with E-state index in [-0.39, 0.29) is 11.3 Å². The van der Waals surface area contributed by atoms with Crippen molar-refractivity contribution >= 4 is 32.4 Å². The van der Waals surface area contributed by atoms with Gasteiger partial charge in [-0.3, -0.25) is 19.5 Å². The van der Waals surface area contributed by atoms with Crippen molar-refractivity contribution in [1.82, 2.24) is 9.97 Å². The molecule has 4 rings (SSSR count). The minimum absolute atomic E-state index is 0.111.